The Bertz CT molecular complexity index is 925. The van der Waals surface area contributed by atoms with E-state index in [0.717, 1.165) is 11.1 Å². The Morgan fingerprint density at radius 1 is 1.21 bits per heavy atom. The standard InChI is InChI=1S/C17H16N2O4S/c1-11-5-12(2)7-14(6-11)22-10-16(21)23-9-13-8-15(20)19-3-4-24-17(19)18-13/h3-8H,9-10H2,1-2H3. The minimum absolute atomic E-state index is 0.0569. The summed E-state index contributed by atoms with van der Waals surface area (Å²) in [7, 11) is 0. The van der Waals surface area contributed by atoms with Gasteiger partial charge in [0.2, 0.25) is 0 Å². The van der Waals surface area contributed by atoms with Crippen molar-refractivity contribution >= 4 is 22.3 Å². The Hall–Kier alpha value is -2.67. The lowest BCUT2D eigenvalue weighted by atomic mass is 10.1. The first kappa shape index (κ1) is 16.2. The summed E-state index contributed by atoms with van der Waals surface area (Å²) in [6, 6.07) is 7.09. The molecule has 24 heavy (non-hydrogen) atoms. The zero-order valence-electron chi connectivity index (χ0n) is 13.3. The molecule has 0 unspecified atom stereocenters. The van der Waals surface area contributed by atoms with E-state index in [2.05, 4.69) is 4.98 Å². The molecule has 0 saturated heterocycles. The van der Waals surface area contributed by atoms with Crippen LogP contribution >= 0.6 is 11.3 Å². The number of hydrogen-bond donors (Lipinski definition) is 0. The van der Waals surface area contributed by atoms with Crippen molar-refractivity contribution in [1.82, 2.24) is 9.38 Å². The van der Waals surface area contributed by atoms with Crippen LogP contribution in [0, 0.1) is 13.8 Å². The van der Waals surface area contributed by atoms with Crippen LogP contribution in [0.2, 0.25) is 0 Å². The largest absolute Gasteiger partial charge is 0.482 e. The van der Waals surface area contributed by atoms with Gasteiger partial charge in [-0.05, 0) is 37.1 Å². The summed E-state index contributed by atoms with van der Waals surface area (Å²) in [6.45, 7) is 3.67. The van der Waals surface area contributed by atoms with E-state index >= 15 is 0 Å². The van der Waals surface area contributed by atoms with Gasteiger partial charge in [-0.25, -0.2) is 9.78 Å². The third-order valence-corrected chi connectivity index (χ3v) is 4.05. The van der Waals surface area contributed by atoms with Crippen molar-refractivity contribution in [2.24, 2.45) is 0 Å². The average molecular weight is 344 g/mol. The lowest BCUT2D eigenvalue weighted by molar-refractivity contribution is -0.147. The lowest BCUT2D eigenvalue weighted by Crippen LogP contribution is -2.17. The Morgan fingerprint density at radius 3 is 2.71 bits per heavy atom. The molecule has 0 aliphatic carbocycles. The number of rotatable bonds is 5. The molecule has 0 aliphatic rings. The van der Waals surface area contributed by atoms with Crippen molar-refractivity contribution in [3.05, 3.63) is 63.0 Å². The van der Waals surface area contributed by atoms with E-state index in [-0.39, 0.29) is 18.8 Å². The second kappa shape index (κ2) is 6.84. The molecule has 2 aromatic heterocycles. The summed E-state index contributed by atoms with van der Waals surface area (Å²) in [5.41, 5.74) is 2.35. The fraction of sp³-hybridized carbons (Fsp3) is 0.235. The van der Waals surface area contributed by atoms with Crippen molar-refractivity contribution in [3.63, 3.8) is 0 Å². The molecule has 0 spiro atoms. The summed E-state index contributed by atoms with van der Waals surface area (Å²) in [5, 5.41) is 1.77. The number of carbonyl (C=O) groups excluding carboxylic acids is 1. The molecular formula is C17H16N2O4S. The molecule has 3 aromatic rings. The molecule has 0 atom stereocenters. The monoisotopic (exact) mass is 344 g/mol. The molecule has 1 aromatic carbocycles. The van der Waals surface area contributed by atoms with Crippen LogP contribution in [0.4, 0.5) is 0 Å². The van der Waals surface area contributed by atoms with Crippen LogP contribution < -0.4 is 10.3 Å². The van der Waals surface area contributed by atoms with Gasteiger partial charge in [0, 0.05) is 17.6 Å². The topological polar surface area (TPSA) is 69.9 Å². The Kier molecular flexibility index (Phi) is 4.61. The zero-order valence-corrected chi connectivity index (χ0v) is 14.1. The molecule has 0 bridgehead atoms. The van der Waals surface area contributed by atoms with E-state index < -0.39 is 5.97 Å². The molecule has 2 heterocycles. The highest BCUT2D eigenvalue weighted by molar-refractivity contribution is 7.15. The lowest BCUT2D eigenvalue weighted by Gasteiger charge is -2.08. The summed E-state index contributed by atoms with van der Waals surface area (Å²) in [5.74, 6) is 0.114. The molecule has 124 valence electrons. The van der Waals surface area contributed by atoms with Gasteiger partial charge in [-0.3, -0.25) is 9.20 Å². The van der Waals surface area contributed by atoms with E-state index in [1.54, 1.807) is 11.6 Å². The summed E-state index contributed by atoms with van der Waals surface area (Å²) < 4.78 is 12.0. The van der Waals surface area contributed by atoms with Crippen LogP contribution in [0.1, 0.15) is 16.8 Å². The van der Waals surface area contributed by atoms with Crippen molar-refractivity contribution in [2.45, 2.75) is 20.5 Å². The molecular weight excluding hydrogens is 328 g/mol. The van der Waals surface area contributed by atoms with Crippen LogP contribution in [-0.4, -0.2) is 22.0 Å². The highest BCUT2D eigenvalue weighted by Crippen LogP contribution is 2.16. The fourth-order valence-electron chi connectivity index (χ4n) is 2.32. The number of aryl methyl sites for hydroxylation is 2. The first-order valence-electron chi connectivity index (χ1n) is 7.34. The zero-order chi connectivity index (χ0) is 17.1. The number of hydrogen-bond acceptors (Lipinski definition) is 6. The van der Waals surface area contributed by atoms with E-state index in [4.69, 9.17) is 9.47 Å². The SMILES string of the molecule is Cc1cc(C)cc(OCC(=O)OCc2cc(=O)n3ccsc3n2)c1. The number of benzene rings is 1. The molecule has 0 radical (unpaired) electrons. The Balaban J connectivity index is 1.57. The molecule has 6 nitrogen and oxygen atoms in total. The maximum atomic E-state index is 11.8. The minimum atomic E-state index is -0.512. The van der Waals surface area contributed by atoms with Gasteiger partial charge >= 0.3 is 5.97 Å². The van der Waals surface area contributed by atoms with Gasteiger partial charge < -0.3 is 9.47 Å². The number of nitrogens with zero attached hydrogens (tertiary/aromatic N) is 2. The summed E-state index contributed by atoms with van der Waals surface area (Å²) in [6.07, 6.45) is 1.66. The average Bonchev–Trinajstić information content (AvgIpc) is 2.99. The third-order valence-electron chi connectivity index (χ3n) is 3.29. The number of ether oxygens (including phenoxy) is 2. The number of aromatic nitrogens is 2. The van der Waals surface area contributed by atoms with Gasteiger partial charge in [-0.15, -0.1) is 11.3 Å². The van der Waals surface area contributed by atoms with Gasteiger partial charge in [0.25, 0.3) is 5.56 Å². The highest BCUT2D eigenvalue weighted by atomic mass is 32.1. The second-order valence-electron chi connectivity index (χ2n) is 5.41. The molecule has 0 fully saturated rings. The van der Waals surface area contributed by atoms with Gasteiger partial charge in [-0.1, -0.05) is 6.07 Å². The van der Waals surface area contributed by atoms with Gasteiger partial charge in [0.05, 0.1) is 5.69 Å². The third kappa shape index (κ3) is 3.80. The predicted octanol–water partition coefficient (Wildman–Crippen LogP) is 2.50. The van der Waals surface area contributed by atoms with E-state index in [1.165, 1.54) is 21.8 Å². The van der Waals surface area contributed by atoms with Crippen LogP contribution in [0.25, 0.3) is 4.96 Å². The van der Waals surface area contributed by atoms with E-state index in [9.17, 15) is 9.59 Å². The second-order valence-corrected chi connectivity index (χ2v) is 6.29. The van der Waals surface area contributed by atoms with Crippen LogP contribution in [0.5, 0.6) is 5.75 Å². The van der Waals surface area contributed by atoms with Crippen molar-refractivity contribution in [3.8, 4) is 5.75 Å². The summed E-state index contributed by atoms with van der Waals surface area (Å²) >= 11 is 1.35. The normalized spacial score (nSPS) is 10.8. The molecule has 3 rings (SSSR count). The number of esters is 1. The molecule has 7 heteroatoms. The molecule has 0 aliphatic heterocycles. The van der Waals surface area contributed by atoms with E-state index in [1.807, 2.05) is 32.0 Å². The smallest absolute Gasteiger partial charge is 0.344 e. The first-order chi connectivity index (χ1) is 11.5. The van der Waals surface area contributed by atoms with Crippen molar-refractivity contribution < 1.29 is 14.3 Å². The van der Waals surface area contributed by atoms with Crippen molar-refractivity contribution in [2.75, 3.05) is 6.61 Å². The molecule has 0 saturated carbocycles. The van der Waals surface area contributed by atoms with E-state index in [0.29, 0.717) is 16.4 Å². The van der Waals surface area contributed by atoms with Gasteiger partial charge in [-0.2, -0.15) is 0 Å². The summed E-state index contributed by atoms with van der Waals surface area (Å²) in [4.78, 5) is 28.5. The van der Waals surface area contributed by atoms with Crippen LogP contribution in [0.15, 0.2) is 40.6 Å². The number of fused-ring (bicyclic) bond motifs is 1. The number of thiazole rings is 1. The number of carbonyl (C=O) groups is 1. The quantitative estimate of drug-likeness (QED) is 0.665. The fourth-order valence-corrected chi connectivity index (χ4v) is 3.06. The van der Waals surface area contributed by atoms with Gasteiger partial charge in [0.1, 0.15) is 12.4 Å². The molecule has 0 amide bonds. The Labute approximate surface area is 142 Å². The van der Waals surface area contributed by atoms with Crippen LogP contribution in [0.3, 0.4) is 0 Å². The first-order valence-corrected chi connectivity index (χ1v) is 8.22. The van der Waals surface area contributed by atoms with Gasteiger partial charge in [0.15, 0.2) is 11.6 Å². The highest BCUT2D eigenvalue weighted by Gasteiger charge is 2.08. The predicted molar refractivity (Wildman–Crippen MR) is 90.5 cm³/mol. The maximum Gasteiger partial charge on any atom is 0.344 e. The van der Waals surface area contributed by atoms with Crippen molar-refractivity contribution in [1.29, 1.82) is 0 Å². The Morgan fingerprint density at radius 2 is 1.96 bits per heavy atom. The maximum absolute atomic E-state index is 11.8. The van der Waals surface area contributed by atoms with Crippen LogP contribution in [-0.2, 0) is 16.1 Å². The molecule has 0 N–H and O–H groups in total. The minimum Gasteiger partial charge on any atom is -0.482 e.